The molecule has 1 saturated carbocycles. The molecule has 1 aromatic carbocycles. The van der Waals surface area contributed by atoms with Gasteiger partial charge in [-0.1, -0.05) is 42.3 Å². The number of fused-ring (bicyclic) bond motifs is 1. The minimum atomic E-state index is -2.68. The number of anilines is 1. The highest BCUT2D eigenvalue weighted by atomic mass is 35.5. The molecule has 27 heavy (non-hydrogen) atoms. The maximum absolute atomic E-state index is 12.7. The van der Waals surface area contributed by atoms with E-state index in [1.807, 2.05) is 0 Å². The second kappa shape index (κ2) is 8.56. The number of hydrogen-bond donors (Lipinski definition) is 1. The number of benzene rings is 1. The summed E-state index contributed by atoms with van der Waals surface area (Å²) in [7, 11) is 0. The van der Waals surface area contributed by atoms with Crippen molar-refractivity contribution in [3.8, 4) is 0 Å². The lowest BCUT2D eigenvalue weighted by molar-refractivity contribution is -0.140. The Kier molecular flexibility index (Phi) is 6.37. The maximum atomic E-state index is 12.7. The Morgan fingerprint density at radius 3 is 2.44 bits per heavy atom. The fourth-order valence-electron chi connectivity index (χ4n) is 3.69. The van der Waals surface area contributed by atoms with Gasteiger partial charge in [0.25, 0.3) is 5.76 Å². The maximum Gasteiger partial charge on any atom is 0.289 e. The molecular weight excluding hydrogens is 398 g/mol. The first-order valence-electron chi connectivity index (χ1n) is 8.77. The van der Waals surface area contributed by atoms with E-state index in [2.05, 4.69) is 5.32 Å². The van der Waals surface area contributed by atoms with E-state index in [0.29, 0.717) is 12.8 Å². The topological polar surface area (TPSA) is 66.5 Å². The molecule has 1 aliphatic heterocycles. The number of amides is 3. The first-order chi connectivity index (χ1) is 12.9. The summed E-state index contributed by atoms with van der Waals surface area (Å²) in [5, 5.41) is 2.66. The number of imide groups is 1. The van der Waals surface area contributed by atoms with Crippen molar-refractivity contribution in [2.24, 2.45) is 11.8 Å². The van der Waals surface area contributed by atoms with Crippen LogP contribution in [0.4, 0.5) is 14.5 Å². The van der Waals surface area contributed by atoms with Crippen LogP contribution in [-0.4, -0.2) is 34.9 Å². The minimum absolute atomic E-state index is 0.00557. The summed E-state index contributed by atoms with van der Waals surface area (Å²) in [6.45, 7) is -0.00557. The van der Waals surface area contributed by atoms with Crippen LogP contribution in [0.25, 0.3) is 0 Å². The normalized spacial score (nSPS) is 22.3. The number of carbonyl (C=O) groups excluding carboxylic acids is 3. The average molecular weight is 417 g/mol. The molecule has 5 nitrogen and oxygen atoms in total. The molecule has 3 amide bonds. The molecule has 0 spiro atoms. The van der Waals surface area contributed by atoms with Crippen LogP contribution in [0.15, 0.2) is 23.1 Å². The lowest BCUT2D eigenvalue weighted by Gasteiger charge is -2.19. The van der Waals surface area contributed by atoms with Crippen molar-refractivity contribution >= 4 is 46.8 Å². The Morgan fingerprint density at radius 1 is 1.22 bits per heavy atom. The second-order valence-electron chi connectivity index (χ2n) is 6.62. The van der Waals surface area contributed by atoms with Gasteiger partial charge in [0, 0.05) is 13.0 Å². The molecule has 0 radical (unpaired) electrons. The molecule has 2 atom stereocenters. The monoisotopic (exact) mass is 416 g/mol. The van der Waals surface area contributed by atoms with Gasteiger partial charge in [0.2, 0.25) is 17.7 Å². The van der Waals surface area contributed by atoms with E-state index in [4.69, 9.17) is 11.6 Å². The van der Waals surface area contributed by atoms with E-state index in [1.54, 1.807) is 6.07 Å². The van der Waals surface area contributed by atoms with Gasteiger partial charge >= 0.3 is 0 Å². The number of thioether (sulfide) groups is 1. The Morgan fingerprint density at radius 2 is 1.85 bits per heavy atom. The molecule has 9 heteroatoms. The van der Waals surface area contributed by atoms with Crippen molar-refractivity contribution in [3.63, 3.8) is 0 Å². The molecule has 2 fully saturated rings. The van der Waals surface area contributed by atoms with Crippen molar-refractivity contribution in [2.45, 2.75) is 42.8 Å². The van der Waals surface area contributed by atoms with Crippen molar-refractivity contribution in [2.75, 3.05) is 11.9 Å². The Balaban J connectivity index is 1.61. The summed E-state index contributed by atoms with van der Waals surface area (Å²) in [6.07, 6.45) is 3.22. The summed E-state index contributed by atoms with van der Waals surface area (Å²) in [6, 6.07) is 4.49. The van der Waals surface area contributed by atoms with E-state index in [9.17, 15) is 23.2 Å². The third-order valence-corrected chi connectivity index (χ3v) is 6.22. The number of nitrogens with zero attached hydrogens (tertiary/aromatic N) is 1. The Labute approximate surface area is 164 Å². The zero-order valence-corrected chi connectivity index (χ0v) is 16.0. The molecule has 0 aromatic heterocycles. The van der Waals surface area contributed by atoms with Crippen LogP contribution in [-0.2, 0) is 14.4 Å². The molecule has 1 saturated heterocycles. The molecule has 146 valence electrons. The smallest absolute Gasteiger partial charge is 0.289 e. The summed E-state index contributed by atoms with van der Waals surface area (Å²) in [5.74, 6) is -4.05. The third kappa shape index (κ3) is 4.43. The molecule has 2 aliphatic rings. The molecular formula is C18H19ClF2N2O3S. The number of rotatable bonds is 6. The fraction of sp³-hybridized carbons (Fsp3) is 0.500. The van der Waals surface area contributed by atoms with Crippen LogP contribution < -0.4 is 5.32 Å². The van der Waals surface area contributed by atoms with Gasteiger partial charge in [0.1, 0.15) is 0 Å². The van der Waals surface area contributed by atoms with Crippen LogP contribution in [0.3, 0.4) is 0 Å². The number of hydrogen-bond acceptors (Lipinski definition) is 4. The quantitative estimate of drug-likeness (QED) is 0.558. The molecule has 3 rings (SSSR count). The third-order valence-electron chi connectivity index (χ3n) is 4.94. The molecule has 1 heterocycles. The van der Waals surface area contributed by atoms with E-state index < -0.39 is 11.7 Å². The minimum Gasteiger partial charge on any atom is -0.325 e. The predicted molar refractivity (Wildman–Crippen MR) is 98.7 cm³/mol. The highest BCUT2D eigenvalue weighted by molar-refractivity contribution is 7.99. The van der Waals surface area contributed by atoms with Gasteiger partial charge in [-0.05, 0) is 25.0 Å². The number of carbonyl (C=O) groups is 3. The van der Waals surface area contributed by atoms with Crippen molar-refractivity contribution in [1.82, 2.24) is 4.90 Å². The van der Waals surface area contributed by atoms with Gasteiger partial charge in [0.05, 0.1) is 27.4 Å². The van der Waals surface area contributed by atoms with Crippen LogP contribution in [0, 0.1) is 11.8 Å². The van der Waals surface area contributed by atoms with Crippen molar-refractivity contribution in [1.29, 1.82) is 0 Å². The van der Waals surface area contributed by atoms with Crippen molar-refractivity contribution in [3.05, 3.63) is 23.2 Å². The van der Waals surface area contributed by atoms with Gasteiger partial charge in [-0.3, -0.25) is 19.3 Å². The number of alkyl halides is 2. The standard InChI is InChI=1S/C18H19ClF2N2O3S/c19-12-6-3-7-13(15(12)27-18(20)21)22-14(24)8-9-23-16(25)10-4-1-2-5-11(10)17(23)26/h3,6-7,10-11,18H,1-2,4-5,8-9H2,(H,22,24). The number of likely N-dealkylation sites (tertiary alicyclic amines) is 1. The van der Waals surface area contributed by atoms with Crippen LogP contribution >= 0.6 is 23.4 Å². The molecule has 0 bridgehead atoms. The first-order valence-corrected chi connectivity index (χ1v) is 10.0. The number of nitrogens with one attached hydrogen (secondary N) is 1. The summed E-state index contributed by atoms with van der Waals surface area (Å²) in [5.41, 5.74) is 0.186. The summed E-state index contributed by atoms with van der Waals surface area (Å²) < 4.78 is 25.4. The van der Waals surface area contributed by atoms with Crippen LogP contribution in [0.1, 0.15) is 32.1 Å². The SMILES string of the molecule is O=C(CCN1C(=O)C2CCCCC2C1=O)Nc1cccc(Cl)c1SC(F)F. The zero-order valence-electron chi connectivity index (χ0n) is 14.4. The van der Waals surface area contributed by atoms with Gasteiger partial charge in [-0.2, -0.15) is 8.78 Å². The van der Waals surface area contributed by atoms with Gasteiger partial charge in [-0.25, -0.2) is 0 Å². The van der Waals surface area contributed by atoms with E-state index in [-0.39, 0.29) is 64.0 Å². The fourth-order valence-corrected chi connectivity index (χ4v) is 4.61. The second-order valence-corrected chi connectivity index (χ2v) is 8.03. The lowest BCUT2D eigenvalue weighted by atomic mass is 9.81. The Bertz CT molecular complexity index is 738. The largest absolute Gasteiger partial charge is 0.325 e. The lowest BCUT2D eigenvalue weighted by Crippen LogP contribution is -2.34. The van der Waals surface area contributed by atoms with Crippen LogP contribution in [0.2, 0.25) is 5.02 Å². The van der Waals surface area contributed by atoms with Gasteiger partial charge in [-0.15, -0.1) is 0 Å². The van der Waals surface area contributed by atoms with E-state index in [0.717, 1.165) is 12.8 Å². The van der Waals surface area contributed by atoms with Crippen molar-refractivity contribution < 1.29 is 23.2 Å². The molecule has 2 unspecified atom stereocenters. The molecule has 1 aliphatic carbocycles. The number of halogens is 3. The Hall–Kier alpha value is -1.67. The van der Waals surface area contributed by atoms with Gasteiger partial charge < -0.3 is 5.32 Å². The van der Waals surface area contributed by atoms with Crippen LogP contribution in [0.5, 0.6) is 0 Å². The summed E-state index contributed by atoms with van der Waals surface area (Å²) in [4.78, 5) is 38.3. The molecule has 1 N–H and O–H groups in total. The highest BCUT2D eigenvalue weighted by Crippen LogP contribution is 2.39. The zero-order chi connectivity index (χ0) is 19.6. The highest BCUT2D eigenvalue weighted by Gasteiger charge is 2.47. The summed E-state index contributed by atoms with van der Waals surface area (Å²) >= 11 is 6.20. The molecule has 1 aromatic rings. The first kappa shape index (κ1) is 20.1. The van der Waals surface area contributed by atoms with E-state index >= 15 is 0 Å². The predicted octanol–water partition coefficient (Wildman–Crippen LogP) is 4.16. The average Bonchev–Trinajstić information content (AvgIpc) is 2.87. The van der Waals surface area contributed by atoms with E-state index in [1.165, 1.54) is 17.0 Å². The van der Waals surface area contributed by atoms with Gasteiger partial charge in [0.15, 0.2) is 0 Å².